The molecule has 1 saturated carbocycles. The van der Waals surface area contributed by atoms with Gasteiger partial charge < -0.3 is 49.4 Å². The van der Waals surface area contributed by atoms with Crippen LogP contribution >= 0.6 is 0 Å². The second-order valence-electron chi connectivity index (χ2n) is 14.8. The van der Waals surface area contributed by atoms with Gasteiger partial charge in [0.15, 0.2) is 17.7 Å². The summed E-state index contributed by atoms with van der Waals surface area (Å²) in [6.07, 6.45) is 3.33. The highest BCUT2D eigenvalue weighted by molar-refractivity contribution is 5.93. The van der Waals surface area contributed by atoms with E-state index in [-0.39, 0.29) is 55.1 Å². The van der Waals surface area contributed by atoms with Crippen molar-refractivity contribution in [2.75, 3.05) is 52.6 Å². The van der Waals surface area contributed by atoms with Crippen LogP contribution in [0.3, 0.4) is 0 Å². The van der Waals surface area contributed by atoms with Crippen molar-refractivity contribution >= 4 is 5.69 Å². The first kappa shape index (κ1) is 36.3. The number of aliphatic hydroxyl groups is 3. The van der Waals surface area contributed by atoms with E-state index in [9.17, 15) is 20.4 Å². The number of phenolic OH excluding ortho intramolecular Hbond substituents is 1. The van der Waals surface area contributed by atoms with Crippen molar-refractivity contribution in [2.45, 2.75) is 69.1 Å². The van der Waals surface area contributed by atoms with Crippen LogP contribution in [0, 0.1) is 5.92 Å². The van der Waals surface area contributed by atoms with Crippen LogP contribution in [0.15, 0.2) is 54.6 Å². The smallest absolute Gasteiger partial charge is 0.200 e. The molecule has 0 spiro atoms. The van der Waals surface area contributed by atoms with E-state index in [0.717, 1.165) is 60.2 Å². The Morgan fingerprint density at radius 2 is 1.63 bits per heavy atom. The summed E-state index contributed by atoms with van der Waals surface area (Å²) < 4.78 is 30.4. The summed E-state index contributed by atoms with van der Waals surface area (Å²) in [6, 6.07) is 17.5. The molecule has 2 heterocycles. The van der Waals surface area contributed by atoms with Crippen LogP contribution in [0.5, 0.6) is 34.5 Å². The number of hydrogen-bond acceptors (Lipinski definition) is 11. The van der Waals surface area contributed by atoms with E-state index < -0.39 is 18.2 Å². The van der Waals surface area contributed by atoms with E-state index in [2.05, 4.69) is 22.8 Å². The van der Waals surface area contributed by atoms with Crippen molar-refractivity contribution in [2.24, 2.45) is 5.92 Å². The van der Waals surface area contributed by atoms with Crippen LogP contribution in [0.2, 0.25) is 0 Å². The molecule has 4 aliphatic rings. The summed E-state index contributed by atoms with van der Waals surface area (Å²) in [7, 11) is 3.13. The van der Waals surface area contributed by atoms with Gasteiger partial charge in [0, 0.05) is 63.9 Å². The number of rotatable bonds is 13. The molecule has 0 saturated heterocycles. The fraction of sp³-hybridized carbons (Fsp3) is 0.442. The van der Waals surface area contributed by atoms with Gasteiger partial charge in [-0.05, 0) is 61.1 Å². The number of methoxy groups -OCH3 is 2. The van der Waals surface area contributed by atoms with Crippen molar-refractivity contribution < 1.29 is 44.1 Å². The number of anilines is 1. The van der Waals surface area contributed by atoms with E-state index in [4.69, 9.17) is 23.7 Å². The van der Waals surface area contributed by atoms with Crippen LogP contribution in [-0.4, -0.2) is 67.7 Å². The molecule has 0 unspecified atom stereocenters. The average Bonchev–Trinajstić information content (AvgIpc) is 3.69. The number of hydrogen-bond donors (Lipinski definition) is 6. The summed E-state index contributed by atoms with van der Waals surface area (Å²) in [5, 5.41) is 52.1. The zero-order valence-corrected chi connectivity index (χ0v) is 31.1. The number of nitrogens with one attached hydrogen (secondary N) is 2. The zero-order valence-electron chi connectivity index (χ0n) is 31.1. The number of aliphatic hydroxyl groups excluding tert-OH is 3. The first-order chi connectivity index (χ1) is 26.3. The quantitative estimate of drug-likeness (QED) is 0.0683. The van der Waals surface area contributed by atoms with E-state index >= 15 is 0 Å². The summed E-state index contributed by atoms with van der Waals surface area (Å²) in [4.78, 5) is 0. The van der Waals surface area contributed by atoms with Gasteiger partial charge in [-0.1, -0.05) is 50.1 Å². The molecule has 4 aromatic carbocycles. The van der Waals surface area contributed by atoms with Gasteiger partial charge >= 0.3 is 0 Å². The molecule has 2 aliphatic carbocycles. The fourth-order valence-corrected chi connectivity index (χ4v) is 9.45. The molecular weight excluding hydrogens is 688 g/mol. The monoisotopic (exact) mass is 738 g/mol. The Bertz CT molecular complexity index is 2010. The van der Waals surface area contributed by atoms with Crippen molar-refractivity contribution in [3.63, 3.8) is 0 Å². The van der Waals surface area contributed by atoms with Crippen molar-refractivity contribution in [3.8, 4) is 45.6 Å². The molecule has 6 N–H and O–H groups in total. The van der Waals surface area contributed by atoms with E-state index in [1.54, 1.807) is 19.2 Å². The molecule has 8 rings (SSSR count). The van der Waals surface area contributed by atoms with Crippen LogP contribution in [0.4, 0.5) is 5.69 Å². The van der Waals surface area contributed by atoms with Crippen LogP contribution in [0.1, 0.15) is 84.2 Å². The van der Waals surface area contributed by atoms with E-state index in [1.807, 2.05) is 37.3 Å². The molecule has 4 atom stereocenters. The third-order valence-corrected chi connectivity index (χ3v) is 12.2. The Morgan fingerprint density at radius 1 is 0.889 bits per heavy atom. The number of fused-ring (bicyclic) bond motifs is 2. The molecule has 2 aliphatic heterocycles. The summed E-state index contributed by atoms with van der Waals surface area (Å²) >= 11 is 0. The lowest BCUT2D eigenvalue weighted by molar-refractivity contribution is 0.0868. The lowest BCUT2D eigenvalue weighted by Crippen LogP contribution is -2.38. The van der Waals surface area contributed by atoms with E-state index in [1.165, 1.54) is 12.7 Å². The van der Waals surface area contributed by atoms with Gasteiger partial charge in [0.2, 0.25) is 5.75 Å². The highest BCUT2D eigenvalue weighted by Gasteiger charge is 2.44. The summed E-state index contributed by atoms with van der Waals surface area (Å²) in [6.45, 7) is 3.30. The average molecular weight is 739 g/mol. The first-order valence-corrected chi connectivity index (χ1v) is 19.1. The molecule has 4 aromatic rings. The van der Waals surface area contributed by atoms with Gasteiger partial charge in [-0.2, -0.15) is 0 Å². The highest BCUT2D eigenvalue weighted by atomic mass is 16.5. The van der Waals surface area contributed by atoms with Crippen molar-refractivity contribution in [1.29, 1.82) is 0 Å². The predicted molar refractivity (Wildman–Crippen MR) is 204 cm³/mol. The van der Waals surface area contributed by atoms with Crippen LogP contribution in [-0.2, 0) is 18.3 Å². The van der Waals surface area contributed by atoms with Gasteiger partial charge in [0.1, 0.15) is 24.0 Å². The summed E-state index contributed by atoms with van der Waals surface area (Å²) in [5.74, 6) is 1.36. The minimum atomic E-state index is -1.02. The third kappa shape index (κ3) is 5.98. The van der Waals surface area contributed by atoms with Gasteiger partial charge in [-0.25, -0.2) is 0 Å². The Balaban J connectivity index is 1.14. The molecule has 0 amide bonds. The lowest BCUT2D eigenvalue weighted by atomic mass is 9.69. The molecule has 0 radical (unpaired) electrons. The Hall–Kier alpha value is -4.68. The van der Waals surface area contributed by atoms with Gasteiger partial charge in [-0.3, -0.25) is 5.32 Å². The molecular formula is C43H50N2O9. The third-order valence-electron chi connectivity index (χ3n) is 12.2. The second-order valence-corrected chi connectivity index (χ2v) is 14.8. The van der Waals surface area contributed by atoms with Gasteiger partial charge in [0.25, 0.3) is 0 Å². The number of benzene rings is 4. The largest absolute Gasteiger partial charge is 0.502 e. The maximum atomic E-state index is 12.3. The van der Waals surface area contributed by atoms with Crippen molar-refractivity contribution in [1.82, 2.24) is 5.32 Å². The molecule has 54 heavy (non-hydrogen) atoms. The standard InChI is InChI=1S/C43H50N2O9/c1-4-44-23-54-33-19-31(50-2)27-12-13-28-36-30(45-42(49)39(33)38(27)36)18-32-37(28)40(47)29(22-53-32)24-16-34(51-3)41(48)35(17-24)52-21-26(20-46)43(14-8-9-15-43)25-10-6-5-7-11-25/h5-7,10-11,16-19,26,29,40,42,44-49H,4,8-9,12-15,20-23H2,1-3H3/t26-,29+,40+,42-/m1/s1. The maximum Gasteiger partial charge on any atom is 0.200 e. The van der Waals surface area contributed by atoms with E-state index in [0.29, 0.717) is 46.8 Å². The second kappa shape index (κ2) is 14.9. The number of aromatic hydroxyl groups is 1. The van der Waals surface area contributed by atoms with Crippen LogP contribution in [0.25, 0.3) is 11.1 Å². The maximum absolute atomic E-state index is 12.3. The predicted octanol–water partition coefficient (Wildman–Crippen LogP) is 6.25. The molecule has 1 fully saturated rings. The SMILES string of the molecule is CCNCOc1cc(OC)c2c3c1[C@@H](O)Nc1cc4c(c(c1-3)CC2)[C@@H](O)[C@H](c1cc(OC)c(O)c(OC[C@@H](CO)C2(c3ccccc3)CCCC2)c1)CO4. The Labute approximate surface area is 315 Å². The topological polar surface area (TPSA) is 151 Å². The van der Waals surface area contributed by atoms with Crippen LogP contribution < -0.4 is 34.3 Å². The minimum absolute atomic E-state index is 0.0581. The highest BCUT2D eigenvalue weighted by Crippen LogP contribution is 2.57. The molecule has 11 heteroatoms. The van der Waals surface area contributed by atoms with Gasteiger partial charge in [-0.15, -0.1) is 0 Å². The molecule has 0 aromatic heterocycles. The lowest BCUT2D eigenvalue weighted by Gasteiger charge is -2.39. The fourth-order valence-electron chi connectivity index (χ4n) is 9.45. The zero-order chi connectivity index (χ0) is 37.6. The molecule has 286 valence electrons. The normalized spacial score (nSPS) is 20.9. The minimum Gasteiger partial charge on any atom is -0.502 e. The summed E-state index contributed by atoms with van der Waals surface area (Å²) in [5.41, 5.74) is 7.39. The van der Waals surface area contributed by atoms with Gasteiger partial charge in [0.05, 0.1) is 39.1 Å². The number of phenols is 1. The molecule has 0 bridgehead atoms. The Morgan fingerprint density at radius 3 is 2.35 bits per heavy atom. The molecule has 11 nitrogen and oxygen atoms in total. The first-order valence-electron chi connectivity index (χ1n) is 19.1. The number of ether oxygens (including phenoxy) is 5. The Kier molecular flexibility index (Phi) is 9.99. The van der Waals surface area contributed by atoms with Crippen molar-refractivity contribution in [3.05, 3.63) is 88.0 Å².